The van der Waals surface area contributed by atoms with Gasteiger partial charge in [-0.05, 0) is 18.9 Å². The predicted molar refractivity (Wildman–Crippen MR) is 66.1 cm³/mol. The van der Waals surface area contributed by atoms with Crippen molar-refractivity contribution in [1.82, 2.24) is 5.32 Å². The minimum Gasteiger partial charge on any atom is -0.481 e. The first-order valence-corrected chi connectivity index (χ1v) is 5.77. The van der Waals surface area contributed by atoms with Crippen LogP contribution in [0.2, 0.25) is 0 Å². The van der Waals surface area contributed by atoms with Crippen LogP contribution in [0.3, 0.4) is 0 Å². The molecule has 1 aromatic rings. The van der Waals surface area contributed by atoms with E-state index in [4.69, 9.17) is 9.84 Å². The second-order valence-electron chi connectivity index (χ2n) is 4.04. The average Bonchev–Trinajstić information content (AvgIpc) is 2.35. The van der Waals surface area contributed by atoms with E-state index in [1.807, 2.05) is 30.3 Å². The number of hydrogen-bond acceptors (Lipinski definition) is 3. The van der Waals surface area contributed by atoms with Crippen molar-refractivity contribution >= 4 is 12.1 Å². The number of carbonyl (C=O) groups excluding carboxylic acids is 1. The molecule has 0 unspecified atom stereocenters. The Hall–Kier alpha value is -2.04. The summed E-state index contributed by atoms with van der Waals surface area (Å²) in [6, 6.07) is 9.13. The maximum Gasteiger partial charge on any atom is 0.407 e. The SMILES string of the molecule is C[C@H](CCC(=O)O)NC(=O)OCc1ccccc1. The zero-order valence-corrected chi connectivity index (χ0v) is 10.3. The number of nitrogens with one attached hydrogen (secondary N) is 1. The number of benzene rings is 1. The monoisotopic (exact) mass is 251 g/mol. The number of aliphatic carboxylic acids is 1. The first kappa shape index (κ1) is 14.0. The molecular formula is C13H17NO4. The second-order valence-corrected chi connectivity index (χ2v) is 4.04. The third-order valence-electron chi connectivity index (χ3n) is 2.37. The zero-order valence-electron chi connectivity index (χ0n) is 10.3. The molecule has 1 amide bonds. The molecule has 0 fully saturated rings. The molecule has 2 N–H and O–H groups in total. The Labute approximate surface area is 106 Å². The molecule has 0 radical (unpaired) electrons. The van der Waals surface area contributed by atoms with Crippen molar-refractivity contribution in [2.24, 2.45) is 0 Å². The number of hydrogen-bond donors (Lipinski definition) is 2. The van der Waals surface area contributed by atoms with E-state index in [1.54, 1.807) is 6.92 Å². The first-order valence-electron chi connectivity index (χ1n) is 5.77. The summed E-state index contributed by atoms with van der Waals surface area (Å²) in [7, 11) is 0. The molecule has 0 heterocycles. The highest BCUT2D eigenvalue weighted by Crippen LogP contribution is 2.02. The van der Waals surface area contributed by atoms with Gasteiger partial charge >= 0.3 is 12.1 Å². The Morgan fingerprint density at radius 3 is 2.61 bits per heavy atom. The van der Waals surface area contributed by atoms with Gasteiger partial charge in [0.1, 0.15) is 6.61 Å². The maximum atomic E-state index is 11.4. The van der Waals surface area contributed by atoms with E-state index in [0.717, 1.165) is 5.56 Å². The molecule has 1 atom stereocenters. The van der Waals surface area contributed by atoms with Crippen LogP contribution >= 0.6 is 0 Å². The van der Waals surface area contributed by atoms with E-state index >= 15 is 0 Å². The second kappa shape index (κ2) is 7.32. The van der Waals surface area contributed by atoms with Gasteiger partial charge in [0, 0.05) is 12.5 Å². The topological polar surface area (TPSA) is 75.6 Å². The summed E-state index contributed by atoms with van der Waals surface area (Å²) < 4.78 is 5.01. The molecule has 98 valence electrons. The number of carboxylic acid groups (broad SMARTS) is 1. The van der Waals surface area contributed by atoms with Crippen molar-refractivity contribution in [3.8, 4) is 0 Å². The molecule has 1 rings (SSSR count). The van der Waals surface area contributed by atoms with Crippen molar-refractivity contribution in [3.63, 3.8) is 0 Å². The van der Waals surface area contributed by atoms with Gasteiger partial charge < -0.3 is 15.2 Å². The Bertz CT molecular complexity index is 391. The van der Waals surface area contributed by atoms with Crippen molar-refractivity contribution < 1.29 is 19.4 Å². The van der Waals surface area contributed by atoms with Crippen molar-refractivity contribution in [3.05, 3.63) is 35.9 Å². The fraction of sp³-hybridized carbons (Fsp3) is 0.385. The summed E-state index contributed by atoms with van der Waals surface area (Å²) in [5.74, 6) is -0.874. The molecule has 5 heteroatoms. The van der Waals surface area contributed by atoms with Crippen LogP contribution in [0.25, 0.3) is 0 Å². The third kappa shape index (κ3) is 5.89. The van der Waals surface area contributed by atoms with Crippen LogP contribution in [0, 0.1) is 0 Å². The van der Waals surface area contributed by atoms with E-state index in [1.165, 1.54) is 0 Å². The van der Waals surface area contributed by atoms with Crippen molar-refractivity contribution in [1.29, 1.82) is 0 Å². The lowest BCUT2D eigenvalue weighted by molar-refractivity contribution is -0.137. The Kier molecular flexibility index (Phi) is 5.70. The molecule has 5 nitrogen and oxygen atoms in total. The quantitative estimate of drug-likeness (QED) is 0.812. The van der Waals surface area contributed by atoms with Gasteiger partial charge in [0.2, 0.25) is 0 Å². The van der Waals surface area contributed by atoms with Crippen LogP contribution in [0.4, 0.5) is 4.79 Å². The number of amides is 1. The van der Waals surface area contributed by atoms with Crippen LogP contribution in [0.1, 0.15) is 25.3 Å². The number of carbonyl (C=O) groups is 2. The molecule has 0 spiro atoms. The average molecular weight is 251 g/mol. The summed E-state index contributed by atoms with van der Waals surface area (Å²) in [6.45, 7) is 1.95. The number of carboxylic acids is 1. The number of rotatable bonds is 6. The summed E-state index contributed by atoms with van der Waals surface area (Å²) in [6.07, 6.45) is -0.118. The standard InChI is InChI=1S/C13H17NO4/c1-10(7-8-12(15)16)14-13(17)18-9-11-5-3-2-4-6-11/h2-6,10H,7-9H2,1H3,(H,14,17)(H,15,16)/t10-/m1/s1. The Balaban J connectivity index is 2.23. The number of ether oxygens (including phenoxy) is 1. The Morgan fingerprint density at radius 1 is 1.33 bits per heavy atom. The van der Waals surface area contributed by atoms with E-state index < -0.39 is 12.1 Å². The van der Waals surface area contributed by atoms with Gasteiger partial charge in [0.25, 0.3) is 0 Å². The third-order valence-corrected chi connectivity index (χ3v) is 2.37. The molecule has 0 saturated carbocycles. The van der Waals surface area contributed by atoms with Gasteiger partial charge in [-0.15, -0.1) is 0 Å². The highest BCUT2D eigenvalue weighted by molar-refractivity contribution is 5.68. The van der Waals surface area contributed by atoms with Gasteiger partial charge in [-0.3, -0.25) is 4.79 Å². The smallest absolute Gasteiger partial charge is 0.407 e. The van der Waals surface area contributed by atoms with Gasteiger partial charge in [-0.1, -0.05) is 30.3 Å². The largest absolute Gasteiger partial charge is 0.481 e. The lowest BCUT2D eigenvalue weighted by atomic mass is 10.2. The molecule has 0 aromatic heterocycles. The maximum absolute atomic E-state index is 11.4. The lowest BCUT2D eigenvalue weighted by Gasteiger charge is -2.12. The molecular weight excluding hydrogens is 234 g/mol. The van der Waals surface area contributed by atoms with E-state index in [0.29, 0.717) is 6.42 Å². The molecule has 0 saturated heterocycles. The van der Waals surface area contributed by atoms with Crippen LogP contribution in [0.5, 0.6) is 0 Å². The highest BCUT2D eigenvalue weighted by Gasteiger charge is 2.09. The van der Waals surface area contributed by atoms with Gasteiger partial charge in [0.15, 0.2) is 0 Å². The molecule has 0 aliphatic carbocycles. The normalized spacial score (nSPS) is 11.6. The molecule has 0 aliphatic heterocycles. The van der Waals surface area contributed by atoms with Crippen LogP contribution in [0.15, 0.2) is 30.3 Å². The molecule has 18 heavy (non-hydrogen) atoms. The van der Waals surface area contributed by atoms with Gasteiger partial charge in [0.05, 0.1) is 0 Å². The molecule has 0 aliphatic rings. The van der Waals surface area contributed by atoms with E-state index in [-0.39, 0.29) is 19.1 Å². The van der Waals surface area contributed by atoms with Gasteiger partial charge in [-0.25, -0.2) is 4.79 Å². The van der Waals surface area contributed by atoms with Crippen molar-refractivity contribution in [2.45, 2.75) is 32.4 Å². The summed E-state index contributed by atoms with van der Waals surface area (Å²) >= 11 is 0. The highest BCUT2D eigenvalue weighted by atomic mass is 16.5. The minimum atomic E-state index is -0.874. The summed E-state index contributed by atoms with van der Waals surface area (Å²) in [4.78, 5) is 21.7. The lowest BCUT2D eigenvalue weighted by Crippen LogP contribution is -2.33. The van der Waals surface area contributed by atoms with Crippen molar-refractivity contribution in [2.75, 3.05) is 0 Å². The van der Waals surface area contributed by atoms with Crippen LogP contribution < -0.4 is 5.32 Å². The molecule has 1 aromatic carbocycles. The molecule has 0 bridgehead atoms. The van der Waals surface area contributed by atoms with Crippen LogP contribution in [-0.2, 0) is 16.1 Å². The summed E-state index contributed by atoms with van der Waals surface area (Å²) in [5.41, 5.74) is 0.908. The summed E-state index contributed by atoms with van der Waals surface area (Å²) in [5, 5.41) is 11.1. The van der Waals surface area contributed by atoms with E-state index in [9.17, 15) is 9.59 Å². The minimum absolute atomic E-state index is 0.0279. The fourth-order valence-corrected chi connectivity index (χ4v) is 1.38. The zero-order chi connectivity index (χ0) is 13.4. The predicted octanol–water partition coefficient (Wildman–Crippen LogP) is 2.17. The van der Waals surface area contributed by atoms with E-state index in [2.05, 4.69) is 5.32 Å². The van der Waals surface area contributed by atoms with Crippen LogP contribution in [-0.4, -0.2) is 23.2 Å². The Morgan fingerprint density at radius 2 is 2.00 bits per heavy atom. The fourth-order valence-electron chi connectivity index (χ4n) is 1.38. The number of alkyl carbamates (subject to hydrolysis) is 1. The first-order chi connectivity index (χ1) is 8.58. The van der Waals surface area contributed by atoms with Gasteiger partial charge in [-0.2, -0.15) is 0 Å².